The van der Waals surface area contributed by atoms with Gasteiger partial charge in [0.1, 0.15) is 11.3 Å². The van der Waals surface area contributed by atoms with Gasteiger partial charge in [0.05, 0.1) is 13.2 Å². The summed E-state index contributed by atoms with van der Waals surface area (Å²) in [6.45, 7) is 2.07. The highest BCUT2D eigenvalue weighted by molar-refractivity contribution is 5.76. The van der Waals surface area contributed by atoms with Crippen LogP contribution in [0.3, 0.4) is 0 Å². The largest absolute Gasteiger partial charge is 0.497 e. The van der Waals surface area contributed by atoms with E-state index in [2.05, 4.69) is 29.4 Å². The molecule has 4 heteroatoms. The molecule has 102 valence electrons. The van der Waals surface area contributed by atoms with E-state index in [1.54, 1.807) is 7.11 Å². The van der Waals surface area contributed by atoms with Crippen LogP contribution in [-0.4, -0.2) is 12.1 Å². The minimum atomic E-state index is 0.131. The number of benzene rings is 2. The van der Waals surface area contributed by atoms with E-state index < -0.39 is 0 Å². The lowest BCUT2D eigenvalue weighted by atomic mass is 10.1. The number of rotatable bonds is 4. The van der Waals surface area contributed by atoms with Crippen LogP contribution in [0.2, 0.25) is 0 Å². The lowest BCUT2D eigenvalue weighted by Crippen LogP contribution is -2.06. The second kappa shape index (κ2) is 5.25. The first kappa shape index (κ1) is 12.5. The molecule has 3 aromatic rings. The van der Waals surface area contributed by atoms with Gasteiger partial charge in [-0.1, -0.05) is 30.3 Å². The summed E-state index contributed by atoms with van der Waals surface area (Å²) in [7, 11) is 1.64. The number of fused-ring (bicyclic) bond motifs is 1. The molecule has 1 N–H and O–H groups in total. The van der Waals surface area contributed by atoms with Crippen molar-refractivity contribution in [2.75, 3.05) is 12.4 Å². The van der Waals surface area contributed by atoms with Gasteiger partial charge in [0, 0.05) is 6.07 Å². The van der Waals surface area contributed by atoms with Gasteiger partial charge >= 0.3 is 0 Å². The molecule has 2 aromatic carbocycles. The van der Waals surface area contributed by atoms with Crippen LogP contribution in [0.5, 0.6) is 5.75 Å². The number of nitrogens with one attached hydrogen (secondary N) is 1. The Hall–Kier alpha value is -2.49. The van der Waals surface area contributed by atoms with Gasteiger partial charge in [-0.3, -0.25) is 0 Å². The summed E-state index contributed by atoms with van der Waals surface area (Å²) in [5, 5.41) is 3.27. The van der Waals surface area contributed by atoms with Crippen molar-refractivity contribution in [2.24, 2.45) is 0 Å². The van der Waals surface area contributed by atoms with Crippen molar-refractivity contribution in [1.82, 2.24) is 4.98 Å². The minimum Gasteiger partial charge on any atom is -0.497 e. The van der Waals surface area contributed by atoms with Crippen molar-refractivity contribution < 1.29 is 9.15 Å². The Kier molecular flexibility index (Phi) is 3.29. The Morgan fingerprint density at radius 1 is 1.15 bits per heavy atom. The van der Waals surface area contributed by atoms with Crippen molar-refractivity contribution >= 4 is 17.1 Å². The third-order valence-electron chi connectivity index (χ3n) is 3.23. The van der Waals surface area contributed by atoms with Gasteiger partial charge in [0.2, 0.25) is 0 Å². The molecule has 0 spiro atoms. The molecular formula is C16H16N2O2. The van der Waals surface area contributed by atoms with Gasteiger partial charge in [-0.15, -0.1) is 0 Å². The zero-order chi connectivity index (χ0) is 13.9. The maximum atomic E-state index is 5.68. The van der Waals surface area contributed by atoms with Crippen LogP contribution < -0.4 is 10.1 Å². The molecule has 0 saturated heterocycles. The fourth-order valence-electron chi connectivity index (χ4n) is 2.11. The van der Waals surface area contributed by atoms with Gasteiger partial charge in [-0.25, -0.2) is 0 Å². The molecule has 0 aliphatic heterocycles. The Morgan fingerprint density at radius 2 is 1.95 bits per heavy atom. The molecular weight excluding hydrogens is 252 g/mol. The molecule has 1 atom stereocenters. The highest BCUT2D eigenvalue weighted by atomic mass is 16.5. The Labute approximate surface area is 117 Å². The molecule has 0 amide bonds. The van der Waals surface area contributed by atoms with E-state index in [1.165, 1.54) is 5.56 Å². The molecule has 0 aliphatic carbocycles. The van der Waals surface area contributed by atoms with Crippen molar-refractivity contribution in [3.8, 4) is 5.75 Å². The number of methoxy groups -OCH3 is 1. The molecule has 1 unspecified atom stereocenters. The molecule has 0 bridgehead atoms. The van der Waals surface area contributed by atoms with Crippen LogP contribution in [0, 0.1) is 0 Å². The van der Waals surface area contributed by atoms with E-state index in [0.29, 0.717) is 6.01 Å². The van der Waals surface area contributed by atoms with Crippen molar-refractivity contribution in [2.45, 2.75) is 13.0 Å². The fraction of sp³-hybridized carbons (Fsp3) is 0.188. The van der Waals surface area contributed by atoms with Crippen LogP contribution in [0.25, 0.3) is 11.1 Å². The predicted octanol–water partition coefficient (Wildman–Crippen LogP) is 4.01. The molecule has 3 rings (SSSR count). The summed E-state index contributed by atoms with van der Waals surface area (Å²) in [5.41, 5.74) is 2.72. The van der Waals surface area contributed by atoms with E-state index in [4.69, 9.17) is 9.15 Å². The van der Waals surface area contributed by atoms with Crippen LogP contribution in [0.15, 0.2) is 52.9 Å². The molecule has 1 aromatic heterocycles. The maximum Gasteiger partial charge on any atom is 0.296 e. The van der Waals surface area contributed by atoms with E-state index in [0.717, 1.165) is 16.8 Å². The molecule has 1 heterocycles. The second-order valence-electron chi connectivity index (χ2n) is 4.63. The summed E-state index contributed by atoms with van der Waals surface area (Å²) < 4.78 is 10.9. The fourth-order valence-corrected chi connectivity index (χ4v) is 2.11. The quantitative estimate of drug-likeness (QED) is 0.776. The van der Waals surface area contributed by atoms with Gasteiger partial charge in [0.25, 0.3) is 6.01 Å². The van der Waals surface area contributed by atoms with Crippen molar-refractivity contribution in [3.05, 3.63) is 54.1 Å². The maximum absolute atomic E-state index is 5.68. The Balaban J connectivity index is 1.84. The van der Waals surface area contributed by atoms with Gasteiger partial charge in [-0.2, -0.15) is 4.98 Å². The summed E-state index contributed by atoms with van der Waals surface area (Å²) in [4.78, 5) is 4.43. The molecule has 0 aliphatic rings. The van der Waals surface area contributed by atoms with Crippen LogP contribution in [0.1, 0.15) is 18.5 Å². The summed E-state index contributed by atoms with van der Waals surface area (Å²) in [5.74, 6) is 0.772. The number of nitrogens with zero attached hydrogens (tertiary/aromatic N) is 1. The Morgan fingerprint density at radius 3 is 2.70 bits per heavy atom. The molecule has 4 nitrogen and oxygen atoms in total. The molecule has 0 saturated carbocycles. The minimum absolute atomic E-state index is 0.131. The number of aromatic nitrogens is 1. The monoisotopic (exact) mass is 268 g/mol. The third kappa shape index (κ3) is 2.45. The van der Waals surface area contributed by atoms with Gasteiger partial charge < -0.3 is 14.5 Å². The highest BCUT2D eigenvalue weighted by Crippen LogP contribution is 2.25. The zero-order valence-corrected chi connectivity index (χ0v) is 11.5. The summed E-state index contributed by atoms with van der Waals surface area (Å²) >= 11 is 0. The lowest BCUT2D eigenvalue weighted by Gasteiger charge is -2.11. The average Bonchev–Trinajstić information content (AvgIpc) is 2.89. The van der Waals surface area contributed by atoms with E-state index in [1.807, 2.05) is 36.4 Å². The number of anilines is 1. The first-order chi connectivity index (χ1) is 9.76. The number of hydrogen-bond acceptors (Lipinski definition) is 4. The van der Waals surface area contributed by atoms with Crippen LogP contribution in [-0.2, 0) is 0 Å². The SMILES string of the molecule is COc1ccc2oc(NC(C)c3ccccc3)nc2c1. The van der Waals surface area contributed by atoms with Crippen molar-refractivity contribution in [1.29, 1.82) is 0 Å². The number of oxazole rings is 1. The normalized spacial score (nSPS) is 12.3. The first-order valence-electron chi connectivity index (χ1n) is 6.52. The van der Waals surface area contributed by atoms with E-state index in [-0.39, 0.29) is 6.04 Å². The highest BCUT2D eigenvalue weighted by Gasteiger charge is 2.10. The van der Waals surface area contributed by atoms with Crippen molar-refractivity contribution in [3.63, 3.8) is 0 Å². The van der Waals surface area contributed by atoms with E-state index in [9.17, 15) is 0 Å². The lowest BCUT2D eigenvalue weighted by molar-refractivity contribution is 0.415. The predicted molar refractivity (Wildman–Crippen MR) is 79.0 cm³/mol. The Bertz CT molecular complexity index is 707. The molecule has 20 heavy (non-hydrogen) atoms. The summed E-state index contributed by atoms with van der Waals surface area (Å²) in [6.07, 6.45) is 0. The molecule has 0 fully saturated rings. The van der Waals surface area contributed by atoms with E-state index >= 15 is 0 Å². The number of hydrogen-bond donors (Lipinski definition) is 1. The summed E-state index contributed by atoms with van der Waals surface area (Å²) in [6, 6.07) is 16.4. The first-order valence-corrected chi connectivity index (χ1v) is 6.52. The molecule has 0 radical (unpaired) electrons. The topological polar surface area (TPSA) is 47.3 Å². The van der Waals surface area contributed by atoms with Gasteiger partial charge in [0.15, 0.2) is 5.58 Å². The average molecular weight is 268 g/mol. The standard InChI is InChI=1S/C16H16N2O2/c1-11(12-6-4-3-5-7-12)17-16-18-14-10-13(19-2)8-9-15(14)20-16/h3-11H,1-2H3,(H,17,18). The third-order valence-corrected chi connectivity index (χ3v) is 3.23. The number of ether oxygens (including phenoxy) is 1. The van der Waals surface area contributed by atoms with Crippen LogP contribution >= 0.6 is 0 Å². The van der Waals surface area contributed by atoms with Gasteiger partial charge in [-0.05, 0) is 24.6 Å². The zero-order valence-electron chi connectivity index (χ0n) is 11.5. The van der Waals surface area contributed by atoms with Crippen LogP contribution in [0.4, 0.5) is 6.01 Å². The second-order valence-corrected chi connectivity index (χ2v) is 4.63. The smallest absolute Gasteiger partial charge is 0.296 e.